The summed E-state index contributed by atoms with van der Waals surface area (Å²) in [4.78, 5) is 45.2. The maximum absolute atomic E-state index is 12.2. The van der Waals surface area contributed by atoms with Crippen molar-refractivity contribution in [1.82, 2.24) is 54.0 Å². The van der Waals surface area contributed by atoms with Gasteiger partial charge in [-0.2, -0.15) is 9.97 Å². The highest BCUT2D eigenvalue weighted by molar-refractivity contribution is 5.71. The summed E-state index contributed by atoms with van der Waals surface area (Å²) >= 11 is 0. The van der Waals surface area contributed by atoms with E-state index in [9.17, 15) is 30.0 Å². The molecule has 0 spiro atoms. The summed E-state index contributed by atoms with van der Waals surface area (Å²) in [5.41, 5.74) is 10.3. The van der Waals surface area contributed by atoms with Crippen molar-refractivity contribution in [3.63, 3.8) is 0 Å². The number of nitrogens with zero attached hydrogens (tertiary/aromatic N) is 9. The summed E-state index contributed by atoms with van der Waals surface area (Å²) in [6.07, 6.45) is -5.04. The van der Waals surface area contributed by atoms with Crippen LogP contribution in [0.5, 0.6) is 0 Å². The zero-order valence-corrected chi connectivity index (χ0v) is 21.2. The standard InChI is InChI=1S/C21H23N13O8/c22-20-26-14-7(16(39)28-20)24-3-32(14)18-10(36)9(6(2-35)41-18)34-1-5(30-31-34)13-11(37)12(38)19(42-13)33-4-25-8-15(33)27-21(23)29-17(8)40/h1,3-4,6,9-13,18-19,35-38H,2H2,(H3,22,26,28,39)(H3,23,27,29,40)/t6-,9-,10-,11+,12-,13?,18-,19-/m1/s1. The van der Waals surface area contributed by atoms with Crippen LogP contribution in [0.15, 0.2) is 28.4 Å². The Morgan fingerprint density at radius 3 is 2.00 bits per heavy atom. The molecule has 21 nitrogen and oxygen atoms in total. The van der Waals surface area contributed by atoms with Gasteiger partial charge in [0.25, 0.3) is 11.1 Å². The van der Waals surface area contributed by atoms with E-state index < -0.39 is 66.7 Å². The van der Waals surface area contributed by atoms with Crippen LogP contribution < -0.4 is 22.6 Å². The van der Waals surface area contributed by atoms with Crippen LogP contribution in [0.1, 0.15) is 30.3 Å². The van der Waals surface area contributed by atoms with E-state index in [-0.39, 0.29) is 39.9 Å². The van der Waals surface area contributed by atoms with E-state index >= 15 is 0 Å². The minimum atomic E-state index is -1.49. The number of aromatic nitrogens is 11. The molecule has 5 aromatic rings. The summed E-state index contributed by atoms with van der Waals surface area (Å²) < 4.78 is 15.6. The number of aliphatic hydroxyl groups excluding tert-OH is 4. The summed E-state index contributed by atoms with van der Waals surface area (Å²) in [6.45, 7) is -0.525. The van der Waals surface area contributed by atoms with Gasteiger partial charge < -0.3 is 41.4 Å². The molecule has 0 amide bonds. The first-order valence-electron chi connectivity index (χ1n) is 12.5. The van der Waals surface area contributed by atoms with E-state index in [0.717, 1.165) is 0 Å². The maximum atomic E-state index is 12.2. The Bertz CT molecular complexity index is 1930. The van der Waals surface area contributed by atoms with Crippen molar-refractivity contribution in [1.29, 1.82) is 0 Å². The summed E-state index contributed by atoms with van der Waals surface area (Å²) in [5.74, 6) is -0.339. The van der Waals surface area contributed by atoms with Crippen LogP contribution in [0.25, 0.3) is 22.3 Å². The molecule has 0 saturated carbocycles. The largest absolute Gasteiger partial charge is 0.394 e. The van der Waals surface area contributed by atoms with Crippen LogP contribution in [0.4, 0.5) is 11.9 Å². The van der Waals surface area contributed by atoms with Gasteiger partial charge in [-0.25, -0.2) is 14.6 Å². The molecule has 21 heteroatoms. The Morgan fingerprint density at radius 2 is 1.43 bits per heavy atom. The number of nitrogens with two attached hydrogens (primary N) is 2. The predicted octanol–water partition coefficient (Wildman–Crippen LogP) is -4.21. The fourth-order valence-corrected chi connectivity index (χ4v) is 5.40. The first-order valence-corrected chi connectivity index (χ1v) is 12.5. The molecule has 0 bridgehead atoms. The van der Waals surface area contributed by atoms with Crippen LogP contribution in [0.2, 0.25) is 0 Å². The third-order valence-corrected chi connectivity index (χ3v) is 7.33. The van der Waals surface area contributed by atoms with E-state index in [1.807, 2.05) is 0 Å². The first-order chi connectivity index (χ1) is 20.2. The van der Waals surface area contributed by atoms with Crippen molar-refractivity contribution in [2.75, 3.05) is 18.1 Å². The third kappa shape index (κ3) is 3.79. The fourth-order valence-electron chi connectivity index (χ4n) is 5.40. The van der Waals surface area contributed by atoms with E-state index in [2.05, 4.69) is 40.2 Å². The Balaban J connectivity index is 1.18. The molecular weight excluding hydrogens is 562 g/mol. The molecule has 1 unspecified atom stereocenters. The van der Waals surface area contributed by atoms with Crippen LogP contribution in [-0.4, -0.2) is 105 Å². The van der Waals surface area contributed by atoms with Gasteiger partial charge in [-0.05, 0) is 0 Å². The molecular formula is C21H23N13O8. The monoisotopic (exact) mass is 585 g/mol. The van der Waals surface area contributed by atoms with E-state index in [1.54, 1.807) is 0 Å². The second-order valence-electron chi connectivity index (χ2n) is 9.83. The average molecular weight is 585 g/mol. The number of rotatable bonds is 5. The number of nitrogens with one attached hydrogen (secondary N) is 2. The summed E-state index contributed by atoms with van der Waals surface area (Å²) in [6, 6.07) is -0.992. The molecule has 2 fully saturated rings. The molecule has 42 heavy (non-hydrogen) atoms. The van der Waals surface area contributed by atoms with Gasteiger partial charge in [0, 0.05) is 0 Å². The number of fused-ring (bicyclic) bond motifs is 2. The fraction of sp³-hybridized carbons (Fsp3) is 0.429. The molecule has 5 aromatic heterocycles. The van der Waals surface area contributed by atoms with Crippen molar-refractivity contribution in [2.24, 2.45) is 0 Å². The quantitative estimate of drug-likeness (QED) is 0.0969. The van der Waals surface area contributed by atoms with Crippen molar-refractivity contribution < 1.29 is 29.9 Å². The number of H-pyrrole nitrogens is 2. The zero-order valence-electron chi connectivity index (χ0n) is 21.2. The number of imidazole rings is 2. The second-order valence-corrected chi connectivity index (χ2v) is 9.83. The summed E-state index contributed by atoms with van der Waals surface area (Å²) in [5, 5.41) is 51.0. The van der Waals surface area contributed by atoms with Crippen molar-refractivity contribution in [2.45, 2.75) is 49.0 Å². The van der Waals surface area contributed by atoms with Gasteiger partial charge in [-0.1, -0.05) is 5.21 Å². The normalized spacial score (nSPS) is 29.7. The van der Waals surface area contributed by atoms with E-state index in [0.29, 0.717) is 0 Å². The number of ether oxygens (including phenoxy) is 2. The van der Waals surface area contributed by atoms with Gasteiger partial charge in [-0.15, -0.1) is 5.10 Å². The lowest BCUT2D eigenvalue weighted by Gasteiger charge is -2.19. The maximum Gasteiger partial charge on any atom is 0.280 e. The minimum absolute atomic E-state index is 0.0271. The number of hydrogen-bond donors (Lipinski definition) is 8. The number of hydrogen-bond acceptors (Lipinski definition) is 16. The zero-order chi connectivity index (χ0) is 29.4. The highest BCUT2D eigenvalue weighted by Gasteiger charge is 2.49. The van der Waals surface area contributed by atoms with E-state index in [1.165, 1.54) is 32.7 Å². The lowest BCUT2D eigenvalue weighted by atomic mass is 10.1. The Morgan fingerprint density at radius 1 is 0.857 bits per heavy atom. The smallest absolute Gasteiger partial charge is 0.280 e. The Labute approximate surface area is 231 Å². The average Bonchev–Trinajstić information content (AvgIpc) is 3.76. The highest BCUT2D eigenvalue weighted by Crippen LogP contribution is 2.41. The number of aromatic amines is 2. The lowest BCUT2D eigenvalue weighted by Crippen LogP contribution is -2.31. The molecule has 2 aliphatic rings. The Hall–Kier alpha value is -4.80. The van der Waals surface area contributed by atoms with Crippen LogP contribution in [0, 0.1) is 0 Å². The van der Waals surface area contributed by atoms with Crippen molar-refractivity contribution in [3.8, 4) is 0 Å². The Kier molecular flexibility index (Phi) is 5.83. The molecule has 0 radical (unpaired) electrons. The topological polar surface area (TPSA) is 309 Å². The van der Waals surface area contributed by atoms with Gasteiger partial charge in [0.05, 0.1) is 25.5 Å². The SMILES string of the molecule is Nc1nc2c(ncn2[C@@H]2O[C@H](CO)[C@@H](n3cc(C4O[C@@H](n5cnc6c(=O)[nH]c(N)nc65)[C@H](O)[C@@H]4O)nn3)[C@H]2O)c(=O)[nH]1. The van der Waals surface area contributed by atoms with Gasteiger partial charge in [0.2, 0.25) is 11.9 Å². The second kappa shape index (κ2) is 9.37. The third-order valence-electron chi connectivity index (χ3n) is 7.33. The predicted molar refractivity (Wildman–Crippen MR) is 136 cm³/mol. The highest BCUT2D eigenvalue weighted by atomic mass is 16.6. The van der Waals surface area contributed by atoms with Gasteiger partial charge in [-0.3, -0.25) is 28.7 Å². The van der Waals surface area contributed by atoms with Crippen LogP contribution >= 0.6 is 0 Å². The molecule has 10 N–H and O–H groups in total. The molecule has 0 aromatic carbocycles. The summed E-state index contributed by atoms with van der Waals surface area (Å²) in [7, 11) is 0. The van der Waals surface area contributed by atoms with Crippen molar-refractivity contribution in [3.05, 3.63) is 45.3 Å². The molecule has 2 saturated heterocycles. The number of anilines is 2. The van der Waals surface area contributed by atoms with Crippen molar-refractivity contribution >= 4 is 34.2 Å². The molecule has 7 heterocycles. The minimum Gasteiger partial charge on any atom is -0.394 e. The van der Waals surface area contributed by atoms with E-state index in [4.69, 9.17) is 20.9 Å². The lowest BCUT2D eigenvalue weighted by molar-refractivity contribution is -0.0492. The molecule has 7 rings (SSSR count). The van der Waals surface area contributed by atoms with Crippen LogP contribution in [0.3, 0.4) is 0 Å². The van der Waals surface area contributed by atoms with Gasteiger partial charge in [0.1, 0.15) is 42.3 Å². The molecule has 2 aliphatic heterocycles. The van der Waals surface area contributed by atoms with Crippen LogP contribution in [-0.2, 0) is 9.47 Å². The molecule has 8 atom stereocenters. The molecule has 220 valence electrons. The first kappa shape index (κ1) is 26.1. The number of aliphatic hydroxyl groups is 4. The molecule has 0 aliphatic carbocycles. The number of nitrogen functional groups attached to an aromatic ring is 2. The van der Waals surface area contributed by atoms with Gasteiger partial charge in [0.15, 0.2) is 34.8 Å². The van der Waals surface area contributed by atoms with Gasteiger partial charge >= 0.3 is 0 Å².